The molecule has 1 aromatic carbocycles. The van der Waals surface area contributed by atoms with E-state index in [4.69, 9.17) is 9.72 Å². The van der Waals surface area contributed by atoms with Gasteiger partial charge < -0.3 is 24.8 Å². The second-order valence-electron chi connectivity index (χ2n) is 10.5. The summed E-state index contributed by atoms with van der Waals surface area (Å²) < 4.78 is 5.86. The van der Waals surface area contributed by atoms with Crippen LogP contribution in [0.15, 0.2) is 24.4 Å². The Kier molecular flexibility index (Phi) is 6.09. The monoisotopic (exact) mass is 495 g/mol. The van der Waals surface area contributed by atoms with Crippen LogP contribution in [0, 0.1) is 0 Å². The quantitative estimate of drug-likeness (QED) is 0.564. The minimum Gasteiger partial charge on any atom is -0.377 e. The number of thiazole rings is 1. The Labute approximate surface area is 209 Å². The molecular formula is C26H33N5O3S. The van der Waals surface area contributed by atoms with Crippen molar-refractivity contribution in [3.63, 3.8) is 0 Å². The minimum absolute atomic E-state index is 0.0197. The maximum atomic E-state index is 12.9. The lowest BCUT2D eigenvalue weighted by Crippen LogP contribution is -2.48. The number of nitrogens with one attached hydrogen (secondary N) is 2. The molecule has 1 saturated heterocycles. The average Bonchev–Trinajstić information content (AvgIpc) is 3.41. The third-order valence-corrected chi connectivity index (χ3v) is 8.13. The van der Waals surface area contributed by atoms with Gasteiger partial charge in [-0.25, -0.2) is 4.98 Å². The standard InChI is InChI=1S/C26H33N5O3S/c1-15(2)30(5)24(33)16-6-7-20-19(11-16)17(13-27-20)10-18-14-34-9-8-31(18)25-28-21-12-26(3,4)29-23(32)22(21)35-25/h6-7,11,13,15,18,27H,8-10,12,14H2,1-5H3,(H,29,32)/t18-/m0/s1. The summed E-state index contributed by atoms with van der Waals surface area (Å²) in [5, 5.41) is 5.01. The molecule has 35 heavy (non-hydrogen) atoms. The second-order valence-corrected chi connectivity index (χ2v) is 11.5. The van der Waals surface area contributed by atoms with Crippen molar-refractivity contribution < 1.29 is 14.3 Å². The number of benzene rings is 1. The first-order chi connectivity index (χ1) is 16.6. The highest BCUT2D eigenvalue weighted by molar-refractivity contribution is 7.17. The summed E-state index contributed by atoms with van der Waals surface area (Å²) in [7, 11) is 1.83. The lowest BCUT2D eigenvalue weighted by Gasteiger charge is -2.35. The van der Waals surface area contributed by atoms with E-state index < -0.39 is 0 Å². The molecule has 2 aliphatic heterocycles. The summed E-state index contributed by atoms with van der Waals surface area (Å²) in [6, 6.07) is 6.07. The molecule has 186 valence electrons. The summed E-state index contributed by atoms with van der Waals surface area (Å²) in [5.41, 5.74) is 3.43. The van der Waals surface area contributed by atoms with Gasteiger partial charge in [0.25, 0.3) is 11.8 Å². The fourth-order valence-corrected chi connectivity index (χ4v) is 5.91. The van der Waals surface area contributed by atoms with E-state index in [2.05, 4.69) is 15.2 Å². The van der Waals surface area contributed by atoms with Crippen LogP contribution in [0.25, 0.3) is 10.9 Å². The van der Waals surface area contributed by atoms with Crippen molar-refractivity contribution in [1.29, 1.82) is 0 Å². The molecule has 9 heteroatoms. The van der Waals surface area contributed by atoms with E-state index in [-0.39, 0.29) is 29.4 Å². The number of morpholine rings is 1. The van der Waals surface area contributed by atoms with E-state index >= 15 is 0 Å². The van der Waals surface area contributed by atoms with E-state index in [1.165, 1.54) is 11.3 Å². The number of H-pyrrole nitrogens is 1. The second kappa shape index (κ2) is 8.95. The molecule has 5 rings (SSSR count). The molecule has 0 unspecified atom stereocenters. The molecule has 3 aromatic rings. The van der Waals surface area contributed by atoms with Gasteiger partial charge >= 0.3 is 0 Å². The molecule has 0 radical (unpaired) electrons. The number of aromatic nitrogens is 2. The summed E-state index contributed by atoms with van der Waals surface area (Å²) in [6.45, 7) is 10.0. The maximum Gasteiger partial charge on any atom is 0.263 e. The third-order valence-electron chi connectivity index (χ3n) is 6.99. The fourth-order valence-electron chi connectivity index (χ4n) is 4.83. The largest absolute Gasteiger partial charge is 0.377 e. The number of aromatic amines is 1. The Morgan fingerprint density at radius 1 is 1.37 bits per heavy atom. The first-order valence-corrected chi connectivity index (χ1v) is 13.0. The van der Waals surface area contributed by atoms with Gasteiger partial charge in [-0.05, 0) is 57.9 Å². The van der Waals surface area contributed by atoms with Crippen LogP contribution < -0.4 is 10.2 Å². The lowest BCUT2D eigenvalue weighted by atomic mass is 9.94. The molecule has 1 atom stereocenters. The van der Waals surface area contributed by atoms with Crippen molar-refractivity contribution in [2.24, 2.45) is 0 Å². The van der Waals surface area contributed by atoms with E-state index in [0.717, 1.165) is 46.7 Å². The molecule has 1 fully saturated rings. The van der Waals surface area contributed by atoms with Crippen LogP contribution in [0.4, 0.5) is 5.13 Å². The highest BCUT2D eigenvalue weighted by Crippen LogP contribution is 2.34. The maximum absolute atomic E-state index is 12.9. The molecule has 0 spiro atoms. The SMILES string of the molecule is CC(C)N(C)C(=O)c1ccc2[nH]cc(C[C@H]3COCCN3c3nc4c(s3)C(=O)NC(C)(C)C4)c2c1. The molecule has 2 aliphatic rings. The lowest BCUT2D eigenvalue weighted by molar-refractivity contribution is 0.0754. The van der Waals surface area contributed by atoms with Gasteiger partial charge in [0.15, 0.2) is 5.13 Å². The van der Waals surface area contributed by atoms with Crippen molar-refractivity contribution in [2.75, 3.05) is 31.7 Å². The zero-order valence-electron chi connectivity index (χ0n) is 21.0. The zero-order valence-corrected chi connectivity index (χ0v) is 21.8. The molecule has 2 N–H and O–H groups in total. The minimum atomic E-state index is -0.289. The first-order valence-electron chi connectivity index (χ1n) is 12.2. The summed E-state index contributed by atoms with van der Waals surface area (Å²) in [5.74, 6) is -0.0174. The number of fused-ring (bicyclic) bond motifs is 2. The van der Waals surface area contributed by atoms with E-state index in [9.17, 15) is 9.59 Å². The van der Waals surface area contributed by atoms with Gasteiger partial charge in [0.2, 0.25) is 0 Å². The van der Waals surface area contributed by atoms with Crippen molar-refractivity contribution in [2.45, 2.75) is 58.2 Å². The van der Waals surface area contributed by atoms with Gasteiger partial charge in [0, 0.05) is 54.3 Å². The number of carbonyl (C=O) groups excluding carboxylic acids is 2. The van der Waals surface area contributed by atoms with Crippen molar-refractivity contribution in [3.05, 3.63) is 46.1 Å². The van der Waals surface area contributed by atoms with Crippen LogP contribution in [0.3, 0.4) is 0 Å². The normalized spacial score (nSPS) is 19.7. The first kappa shape index (κ1) is 23.8. The number of amides is 2. The number of carbonyl (C=O) groups is 2. The van der Waals surface area contributed by atoms with Gasteiger partial charge in [0.05, 0.1) is 24.9 Å². The molecular weight excluding hydrogens is 462 g/mol. The van der Waals surface area contributed by atoms with Gasteiger partial charge in [-0.3, -0.25) is 9.59 Å². The van der Waals surface area contributed by atoms with Crippen molar-refractivity contribution >= 4 is 39.2 Å². The number of hydrogen-bond acceptors (Lipinski definition) is 6. The molecule has 2 amide bonds. The summed E-state index contributed by atoms with van der Waals surface area (Å²) >= 11 is 1.47. The Morgan fingerprint density at radius 3 is 2.94 bits per heavy atom. The van der Waals surface area contributed by atoms with E-state index in [0.29, 0.717) is 23.7 Å². The van der Waals surface area contributed by atoms with Crippen LogP contribution in [-0.2, 0) is 17.6 Å². The van der Waals surface area contributed by atoms with Gasteiger partial charge in [-0.1, -0.05) is 11.3 Å². The number of ether oxygens (including phenoxy) is 1. The molecule has 0 saturated carbocycles. The van der Waals surface area contributed by atoms with Crippen molar-refractivity contribution in [1.82, 2.24) is 20.2 Å². The Hall–Kier alpha value is -2.91. The predicted molar refractivity (Wildman–Crippen MR) is 139 cm³/mol. The Bertz CT molecular complexity index is 1280. The smallest absolute Gasteiger partial charge is 0.263 e. The summed E-state index contributed by atoms with van der Waals surface area (Å²) in [4.78, 5) is 38.6. The third kappa shape index (κ3) is 4.54. The van der Waals surface area contributed by atoms with Crippen molar-refractivity contribution in [3.8, 4) is 0 Å². The molecule has 0 aliphatic carbocycles. The average molecular weight is 496 g/mol. The van der Waals surface area contributed by atoms with E-state index in [1.807, 2.05) is 59.1 Å². The topological polar surface area (TPSA) is 90.6 Å². The molecule has 2 aromatic heterocycles. The van der Waals surface area contributed by atoms with Gasteiger partial charge in [-0.15, -0.1) is 0 Å². The van der Waals surface area contributed by atoms with Crippen LogP contribution in [0.5, 0.6) is 0 Å². The highest BCUT2D eigenvalue weighted by Gasteiger charge is 2.35. The summed E-state index contributed by atoms with van der Waals surface area (Å²) in [6.07, 6.45) is 3.50. The number of nitrogens with zero attached hydrogens (tertiary/aromatic N) is 3. The Balaban J connectivity index is 1.42. The van der Waals surface area contributed by atoms with Gasteiger partial charge in [-0.2, -0.15) is 0 Å². The van der Waals surface area contributed by atoms with Crippen LogP contribution in [0.1, 0.15) is 59.0 Å². The number of rotatable bonds is 5. The van der Waals surface area contributed by atoms with E-state index in [1.54, 1.807) is 4.90 Å². The predicted octanol–water partition coefficient (Wildman–Crippen LogP) is 3.62. The van der Waals surface area contributed by atoms with Crippen LogP contribution in [-0.4, -0.2) is 71.1 Å². The van der Waals surface area contributed by atoms with Crippen LogP contribution in [0.2, 0.25) is 0 Å². The van der Waals surface area contributed by atoms with Gasteiger partial charge in [0.1, 0.15) is 4.88 Å². The fraction of sp³-hybridized carbons (Fsp3) is 0.500. The number of anilines is 1. The molecule has 4 heterocycles. The zero-order chi connectivity index (χ0) is 24.9. The molecule has 0 bridgehead atoms. The van der Waals surface area contributed by atoms with Crippen LogP contribution >= 0.6 is 11.3 Å². The Morgan fingerprint density at radius 2 is 2.17 bits per heavy atom. The molecule has 8 nitrogen and oxygen atoms in total. The number of hydrogen-bond donors (Lipinski definition) is 2. The highest BCUT2D eigenvalue weighted by atomic mass is 32.1.